The first kappa shape index (κ1) is 7.76. The van der Waals surface area contributed by atoms with Gasteiger partial charge in [-0.1, -0.05) is 0 Å². The van der Waals surface area contributed by atoms with Crippen LogP contribution in [0, 0.1) is 12.3 Å². The number of rotatable bonds is 2. The Morgan fingerprint density at radius 2 is 2.64 bits per heavy atom. The molecule has 0 radical (unpaired) electrons. The summed E-state index contributed by atoms with van der Waals surface area (Å²) in [6.07, 6.45) is 4.99. The lowest BCUT2D eigenvalue weighted by Gasteiger charge is -1.84. The normalized spacial score (nSPS) is 9.00. The van der Waals surface area contributed by atoms with E-state index in [1.54, 1.807) is 5.38 Å². The van der Waals surface area contributed by atoms with Gasteiger partial charge >= 0.3 is 5.97 Å². The molecule has 56 valence electrons. The van der Waals surface area contributed by atoms with Gasteiger partial charge in [0.1, 0.15) is 10.7 Å². The van der Waals surface area contributed by atoms with E-state index in [-0.39, 0.29) is 6.42 Å². The first-order valence-electron chi connectivity index (χ1n) is 2.85. The first-order chi connectivity index (χ1) is 5.22. The van der Waals surface area contributed by atoms with E-state index < -0.39 is 5.97 Å². The summed E-state index contributed by atoms with van der Waals surface area (Å²) in [4.78, 5) is 14.1. The van der Waals surface area contributed by atoms with Gasteiger partial charge in [0, 0.05) is 5.38 Å². The third kappa shape index (κ3) is 2.06. The van der Waals surface area contributed by atoms with Crippen molar-refractivity contribution < 1.29 is 9.90 Å². The average Bonchev–Trinajstić information content (AvgIpc) is 2.34. The molecule has 0 saturated carbocycles. The van der Waals surface area contributed by atoms with Crippen LogP contribution in [0.25, 0.3) is 0 Å². The second-order valence-electron chi connectivity index (χ2n) is 1.84. The lowest BCUT2D eigenvalue weighted by Crippen LogP contribution is -1.99. The molecule has 0 aromatic carbocycles. The summed E-state index contributed by atoms with van der Waals surface area (Å²) >= 11 is 1.27. The van der Waals surface area contributed by atoms with E-state index >= 15 is 0 Å². The lowest BCUT2D eigenvalue weighted by molar-refractivity contribution is -0.136. The summed E-state index contributed by atoms with van der Waals surface area (Å²) in [5, 5.41) is 10.6. The number of nitrogens with zero attached hydrogens (tertiary/aromatic N) is 1. The average molecular weight is 167 g/mol. The minimum Gasteiger partial charge on any atom is -0.481 e. The van der Waals surface area contributed by atoms with Gasteiger partial charge in [-0.05, 0) is 5.92 Å². The van der Waals surface area contributed by atoms with Crippen LogP contribution in [0.3, 0.4) is 0 Å². The van der Waals surface area contributed by atoms with Crippen molar-refractivity contribution in [3.05, 3.63) is 16.1 Å². The van der Waals surface area contributed by atoms with Gasteiger partial charge in [0.25, 0.3) is 0 Å². The van der Waals surface area contributed by atoms with Crippen molar-refractivity contribution in [1.82, 2.24) is 4.98 Å². The van der Waals surface area contributed by atoms with Crippen molar-refractivity contribution in [1.29, 1.82) is 0 Å². The predicted octanol–water partition coefficient (Wildman–Crippen LogP) is 0.751. The largest absolute Gasteiger partial charge is 0.481 e. The predicted molar refractivity (Wildman–Crippen MR) is 41.4 cm³/mol. The summed E-state index contributed by atoms with van der Waals surface area (Å²) in [5.74, 6) is 1.44. The minimum absolute atomic E-state index is 0.0493. The van der Waals surface area contributed by atoms with Gasteiger partial charge in [-0.25, -0.2) is 4.98 Å². The summed E-state index contributed by atoms with van der Waals surface area (Å²) < 4.78 is 0. The molecule has 1 rings (SSSR count). The fraction of sp³-hybridized carbons (Fsp3) is 0.143. The standard InChI is InChI=1S/C7H5NO2S/c1-2-5-4-11-6(8-5)3-7(9)10/h1,4H,3H2,(H,9,10). The van der Waals surface area contributed by atoms with Crippen LogP contribution < -0.4 is 0 Å². The van der Waals surface area contributed by atoms with Crippen molar-refractivity contribution in [2.75, 3.05) is 0 Å². The van der Waals surface area contributed by atoms with E-state index in [9.17, 15) is 4.79 Å². The Bertz CT molecular complexity index is 310. The second kappa shape index (κ2) is 3.17. The van der Waals surface area contributed by atoms with Crippen LogP contribution >= 0.6 is 11.3 Å². The molecule has 1 aromatic heterocycles. The zero-order valence-corrected chi connectivity index (χ0v) is 6.39. The van der Waals surface area contributed by atoms with Gasteiger partial charge in [0.05, 0.1) is 6.42 Å². The maximum Gasteiger partial charge on any atom is 0.310 e. The van der Waals surface area contributed by atoms with E-state index in [1.165, 1.54) is 11.3 Å². The summed E-state index contributed by atoms with van der Waals surface area (Å²) in [5.41, 5.74) is 0.506. The van der Waals surface area contributed by atoms with E-state index in [2.05, 4.69) is 10.9 Å². The van der Waals surface area contributed by atoms with Gasteiger partial charge in [-0.2, -0.15) is 0 Å². The molecule has 0 bridgehead atoms. The number of aromatic nitrogens is 1. The topological polar surface area (TPSA) is 50.2 Å². The quantitative estimate of drug-likeness (QED) is 0.661. The number of hydrogen-bond donors (Lipinski definition) is 1. The van der Waals surface area contributed by atoms with Crippen LogP contribution in [-0.2, 0) is 11.2 Å². The fourth-order valence-electron chi connectivity index (χ4n) is 0.588. The SMILES string of the molecule is C#Cc1csc(CC(=O)O)n1. The van der Waals surface area contributed by atoms with Crippen molar-refractivity contribution in [3.63, 3.8) is 0 Å². The number of terminal acetylenes is 1. The molecule has 3 nitrogen and oxygen atoms in total. The van der Waals surface area contributed by atoms with Crippen molar-refractivity contribution in [3.8, 4) is 12.3 Å². The molecule has 0 aliphatic carbocycles. The Labute approximate surface area is 67.7 Å². The summed E-state index contributed by atoms with van der Waals surface area (Å²) in [6, 6.07) is 0. The third-order valence-corrected chi connectivity index (χ3v) is 1.85. The summed E-state index contributed by atoms with van der Waals surface area (Å²) in [7, 11) is 0. The maximum atomic E-state index is 10.2. The molecule has 0 aliphatic heterocycles. The molecule has 4 heteroatoms. The number of carboxylic acids is 1. The van der Waals surface area contributed by atoms with Crippen LogP contribution in [0.4, 0.5) is 0 Å². The number of carboxylic acid groups (broad SMARTS) is 1. The Balaban J connectivity index is 2.75. The Morgan fingerprint density at radius 3 is 3.09 bits per heavy atom. The van der Waals surface area contributed by atoms with Gasteiger partial charge in [0.15, 0.2) is 0 Å². The van der Waals surface area contributed by atoms with Crippen LogP contribution in [0.5, 0.6) is 0 Å². The molecule has 11 heavy (non-hydrogen) atoms. The Kier molecular flexibility index (Phi) is 2.24. The zero-order chi connectivity index (χ0) is 8.27. The maximum absolute atomic E-state index is 10.2. The van der Waals surface area contributed by atoms with Crippen molar-refractivity contribution >= 4 is 17.3 Å². The van der Waals surface area contributed by atoms with E-state index in [0.29, 0.717) is 10.7 Å². The van der Waals surface area contributed by atoms with Crippen LogP contribution in [0.15, 0.2) is 5.38 Å². The molecule has 1 aromatic rings. The third-order valence-electron chi connectivity index (χ3n) is 1.00. The first-order valence-corrected chi connectivity index (χ1v) is 3.73. The molecule has 1 heterocycles. The molecular weight excluding hydrogens is 162 g/mol. The highest BCUT2D eigenvalue weighted by Gasteiger charge is 2.03. The molecule has 0 unspecified atom stereocenters. The fourth-order valence-corrected chi connectivity index (χ4v) is 1.31. The van der Waals surface area contributed by atoms with E-state index in [0.717, 1.165) is 0 Å². The molecule has 0 atom stereocenters. The molecule has 1 N–H and O–H groups in total. The lowest BCUT2D eigenvalue weighted by atomic mass is 10.4. The van der Waals surface area contributed by atoms with E-state index in [1.807, 2.05) is 0 Å². The Morgan fingerprint density at radius 1 is 1.91 bits per heavy atom. The molecule has 0 saturated heterocycles. The summed E-state index contributed by atoms with van der Waals surface area (Å²) in [6.45, 7) is 0. The zero-order valence-electron chi connectivity index (χ0n) is 5.57. The van der Waals surface area contributed by atoms with E-state index in [4.69, 9.17) is 11.5 Å². The number of thiazole rings is 1. The number of hydrogen-bond acceptors (Lipinski definition) is 3. The van der Waals surface area contributed by atoms with Gasteiger partial charge in [0.2, 0.25) is 0 Å². The molecular formula is C7H5NO2S. The van der Waals surface area contributed by atoms with Gasteiger partial charge < -0.3 is 5.11 Å². The van der Waals surface area contributed by atoms with Crippen molar-refractivity contribution in [2.45, 2.75) is 6.42 Å². The van der Waals surface area contributed by atoms with Crippen molar-refractivity contribution in [2.24, 2.45) is 0 Å². The monoisotopic (exact) mass is 167 g/mol. The highest BCUT2D eigenvalue weighted by Crippen LogP contribution is 2.08. The van der Waals surface area contributed by atoms with Crippen LogP contribution in [0.2, 0.25) is 0 Å². The van der Waals surface area contributed by atoms with Gasteiger partial charge in [-0.3, -0.25) is 4.79 Å². The molecule has 0 spiro atoms. The number of carbonyl (C=O) groups is 1. The Hall–Kier alpha value is -1.34. The highest BCUT2D eigenvalue weighted by atomic mass is 32.1. The van der Waals surface area contributed by atoms with Crippen LogP contribution in [-0.4, -0.2) is 16.1 Å². The second-order valence-corrected chi connectivity index (χ2v) is 2.78. The molecule has 0 aliphatic rings. The molecule has 0 amide bonds. The number of aliphatic carboxylic acids is 1. The minimum atomic E-state index is -0.886. The molecule has 0 fully saturated rings. The van der Waals surface area contributed by atoms with Crippen LogP contribution in [0.1, 0.15) is 10.7 Å². The highest BCUT2D eigenvalue weighted by molar-refractivity contribution is 7.09. The van der Waals surface area contributed by atoms with Gasteiger partial charge in [-0.15, -0.1) is 17.8 Å². The smallest absolute Gasteiger partial charge is 0.310 e.